The van der Waals surface area contributed by atoms with Crippen molar-refractivity contribution < 1.29 is 8.42 Å². The van der Waals surface area contributed by atoms with E-state index < -0.39 is 10.0 Å². The molecule has 0 amide bonds. The molecule has 0 atom stereocenters. The van der Waals surface area contributed by atoms with Gasteiger partial charge in [-0.2, -0.15) is 0 Å². The topological polar surface area (TPSA) is 96.6 Å². The predicted octanol–water partition coefficient (Wildman–Crippen LogP) is 0.842. The molecule has 1 aromatic carbocycles. The fourth-order valence-electron chi connectivity index (χ4n) is 1.78. The molecule has 0 fully saturated rings. The van der Waals surface area contributed by atoms with Crippen molar-refractivity contribution in [2.24, 2.45) is 10.1 Å². The highest BCUT2D eigenvalue weighted by atomic mass is 32.2. The highest BCUT2D eigenvalue weighted by Crippen LogP contribution is 2.08. The Hall–Kier alpha value is -1.60. The molecule has 0 aliphatic rings. The molecule has 21 heavy (non-hydrogen) atoms. The summed E-state index contributed by atoms with van der Waals surface area (Å²) in [6, 6.07) is 6.60. The van der Waals surface area contributed by atoms with Crippen LogP contribution < -0.4 is 15.8 Å². The van der Waals surface area contributed by atoms with Gasteiger partial charge in [-0.3, -0.25) is 4.99 Å². The number of sulfonamides is 1. The molecule has 0 bridgehead atoms. The summed E-state index contributed by atoms with van der Waals surface area (Å²) in [4.78, 5) is 4.27. The molecular formula is C14H24N4O2S. The summed E-state index contributed by atoms with van der Waals surface area (Å²) in [5, 5.41) is 11.5. The number of nitrogens with two attached hydrogens (primary N) is 1. The van der Waals surface area contributed by atoms with Crippen LogP contribution in [0.25, 0.3) is 0 Å². The van der Waals surface area contributed by atoms with Crippen LogP contribution in [-0.2, 0) is 16.4 Å². The summed E-state index contributed by atoms with van der Waals surface area (Å²) in [7, 11) is -1.88. The zero-order chi connectivity index (χ0) is 15.7. The molecule has 7 heteroatoms. The van der Waals surface area contributed by atoms with Gasteiger partial charge in [0.15, 0.2) is 5.96 Å². The maximum atomic E-state index is 11.2. The van der Waals surface area contributed by atoms with E-state index in [1.807, 2.05) is 0 Å². The standard InChI is InChI=1S/C14H24N4O2S/c1-3-4-10-17-14(16-2)18-11-9-12-5-7-13(8-6-12)21(15,19)20/h5-8H,3-4,9-11H2,1-2H3,(H2,15,19,20)(H2,16,17,18). The number of benzene rings is 1. The lowest BCUT2D eigenvalue weighted by atomic mass is 10.1. The van der Waals surface area contributed by atoms with E-state index in [9.17, 15) is 8.42 Å². The van der Waals surface area contributed by atoms with Gasteiger partial charge in [0.1, 0.15) is 0 Å². The third-order valence-corrected chi connectivity index (χ3v) is 3.93. The molecule has 118 valence electrons. The van der Waals surface area contributed by atoms with Gasteiger partial charge in [0.2, 0.25) is 10.0 Å². The molecule has 0 saturated heterocycles. The molecule has 6 nitrogen and oxygen atoms in total. The van der Waals surface area contributed by atoms with Crippen molar-refractivity contribution >= 4 is 16.0 Å². The number of rotatable bonds is 7. The van der Waals surface area contributed by atoms with Crippen LogP contribution in [0, 0.1) is 0 Å². The van der Waals surface area contributed by atoms with Crippen LogP contribution >= 0.6 is 0 Å². The Balaban J connectivity index is 2.41. The molecular weight excluding hydrogens is 288 g/mol. The number of nitrogens with zero attached hydrogens (tertiary/aromatic N) is 1. The molecule has 1 rings (SSSR count). The SMILES string of the molecule is CCCCNC(=NC)NCCc1ccc(S(N)(=O)=O)cc1. The Morgan fingerprint density at radius 1 is 1.19 bits per heavy atom. The Labute approximate surface area is 126 Å². The van der Waals surface area contributed by atoms with Crippen LogP contribution in [0.15, 0.2) is 34.2 Å². The number of guanidine groups is 1. The summed E-state index contributed by atoms with van der Waals surface area (Å²) in [5.74, 6) is 0.782. The number of hydrogen-bond donors (Lipinski definition) is 3. The summed E-state index contributed by atoms with van der Waals surface area (Å²) in [5.41, 5.74) is 1.04. The van der Waals surface area contributed by atoms with Crippen LogP contribution in [0.2, 0.25) is 0 Å². The van der Waals surface area contributed by atoms with Crippen molar-refractivity contribution in [3.8, 4) is 0 Å². The second-order valence-corrected chi connectivity index (χ2v) is 6.28. The van der Waals surface area contributed by atoms with Gasteiger partial charge in [0.25, 0.3) is 0 Å². The lowest BCUT2D eigenvalue weighted by Crippen LogP contribution is -2.38. The van der Waals surface area contributed by atoms with Gasteiger partial charge < -0.3 is 10.6 Å². The molecule has 0 aliphatic heterocycles. The van der Waals surface area contributed by atoms with Gasteiger partial charge in [0, 0.05) is 20.1 Å². The Kier molecular flexibility index (Phi) is 7.18. The van der Waals surface area contributed by atoms with E-state index in [0.29, 0.717) is 0 Å². The number of aliphatic imine (C=N–C) groups is 1. The van der Waals surface area contributed by atoms with Gasteiger partial charge in [-0.1, -0.05) is 25.5 Å². The molecule has 0 heterocycles. The third kappa shape index (κ3) is 6.59. The lowest BCUT2D eigenvalue weighted by molar-refractivity contribution is 0.598. The molecule has 0 aromatic heterocycles. The van der Waals surface area contributed by atoms with Crippen LogP contribution in [0.1, 0.15) is 25.3 Å². The summed E-state index contributed by atoms with van der Waals surface area (Å²) >= 11 is 0. The molecule has 1 aromatic rings. The van der Waals surface area contributed by atoms with E-state index in [1.54, 1.807) is 19.2 Å². The lowest BCUT2D eigenvalue weighted by Gasteiger charge is -2.11. The van der Waals surface area contributed by atoms with Crippen LogP contribution in [0.3, 0.4) is 0 Å². The number of nitrogens with one attached hydrogen (secondary N) is 2. The average molecular weight is 312 g/mol. The van der Waals surface area contributed by atoms with Crippen molar-refractivity contribution in [1.82, 2.24) is 10.6 Å². The minimum atomic E-state index is -3.62. The minimum Gasteiger partial charge on any atom is -0.356 e. The first-order valence-corrected chi connectivity index (χ1v) is 8.58. The van der Waals surface area contributed by atoms with Gasteiger partial charge in [-0.25, -0.2) is 13.6 Å². The summed E-state index contributed by atoms with van der Waals surface area (Å²) < 4.78 is 22.3. The van der Waals surface area contributed by atoms with Gasteiger partial charge >= 0.3 is 0 Å². The van der Waals surface area contributed by atoms with Crippen molar-refractivity contribution in [2.75, 3.05) is 20.1 Å². The summed E-state index contributed by atoms with van der Waals surface area (Å²) in [6.45, 7) is 3.77. The second kappa shape index (κ2) is 8.63. The quantitative estimate of drug-likeness (QED) is 0.395. The predicted molar refractivity (Wildman–Crippen MR) is 85.8 cm³/mol. The fourth-order valence-corrected chi connectivity index (χ4v) is 2.29. The van der Waals surface area contributed by atoms with Gasteiger partial charge in [-0.15, -0.1) is 0 Å². The number of primary sulfonamides is 1. The summed E-state index contributed by atoms with van der Waals surface area (Å²) in [6.07, 6.45) is 3.02. The first-order valence-electron chi connectivity index (χ1n) is 7.03. The van der Waals surface area contributed by atoms with Crippen molar-refractivity contribution in [3.05, 3.63) is 29.8 Å². The molecule has 0 unspecified atom stereocenters. The van der Waals surface area contributed by atoms with E-state index in [4.69, 9.17) is 5.14 Å². The maximum absolute atomic E-state index is 11.2. The molecule has 0 spiro atoms. The van der Waals surface area contributed by atoms with E-state index in [1.165, 1.54) is 12.1 Å². The Morgan fingerprint density at radius 2 is 1.81 bits per heavy atom. The van der Waals surface area contributed by atoms with Crippen LogP contribution in [-0.4, -0.2) is 34.5 Å². The third-order valence-electron chi connectivity index (χ3n) is 3.00. The van der Waals surface area contributed by atoms with E-state index in [2.05, 4.69) is 22.5 Å². The number of hydrogen-bond acceptors (Lipinski definition) is 3. The average Bonchev–Trinajstić information content (AvgIpc) is 2.45. The van der Waals surface area contributed by atoms with Crippen LogP contribution in [0.5, 0.6) is 0 Å². The zero-order valence-corrected chi connectivity index (χ0v) is 13.4. The fraction of sp³-hybridized carbons (Fsp3) is 0.500. The first kappa shape index (κ1) is 17.5. The second-order valence-electron chi connectivity index (χ2n) is 4.72. The maximum Gasteiger partial charge on any atom is 0.238 e. The molecule has 0 saturated carbocycles. The normalized spacial score (nSPS) is 12.2. The van der Waals surface area contributed by atoms with Crippen molar-refractivity contribution in [3.63, 3.8) is 0 Å². The number of unbranched alkanes of at least 4 members (excludes halogenated alkanes) is 1. The van der Waals surface area contributed by atoms with E-state index in [-0.39, 0.29) is 4.90 Å². The van der Waals surface area contributed by atoms with Crippen molar-refractivity contribution in [1.29, 1.82) is 0 Å². The van der Waals surface area contributed by atoms with Crippen molar-refractivity contribution in [2.45, 2.75) is 31.1 Å². The van der Waals surface area contributed by atoms with E-state index in [0.717, 1.165) is 43.9 Å². The molecule has 4 N–H and O–H groups in total. The van der Waals surface area contributed by atoms with Gasteiger partial charge in [0.05, 0.1) is 4.90 Å². The van der Waals surface area contributed by atoms with Gasteiger partial charge in [-0.05, 0) is 30.5 Å². The highest BCUT2D eigenvalue weighted by Gasteiger charge is 2.06. The van der Waals surface area contributed by atoms with Crippen LogP contribution in [0.4, 0.5) is 0 Å². The Bertz CT molecular complexity index is 553. The largest absolute Gasteiger partial charge is 0.356 e. The zero-order valence-electron chi connectivity index (χ0n) is 12.6. The van der Waals surface area contributed by atoms with E-state index >= 15 is 0 Å². The smallest absolute Gasteiger partial charge is 0.238 e. The first-order chi connectivity index (χ1) is 9.97. The highest BCUT2D eigenvalue weighted by molar-refractivity contribution is 7.89. The Morgan fingerprint density at radius 3 is 2.33 bits per heavy atom. The molecule has 0 aliphatic carbocycles. The molecule has 0 radical (unpaired) electrons. The minimum absolute atomic E-state index is 0.135. The monoisotopic (exact) mass is 312 g/mol.